The van der Waals surface area contributed by atoms with Crippen LogP contribution in [-0.2, 0) is 23.8 Å². The van der Waals surface area contributed by atoms with Crippen molar-refractivity contribution >= 4 is 11.8 Å². The molecule has 1 fully saturated rings. The van der Waals surface area contributed by atoms with Crippen molar-refractivity contribution < 1.29 is 23.8 Å². The van der Waals surface area contributed by atoms with E-state index >= 15 is 0 Å². The van der Waals surface area contributed by atoms with Gasteiger partial charge in [0.2, 0.25) is 11.6 Å². The summed E-state index contributed by atoms with van der Waals surface area (Å²) in [5, 5.41) is 9.10. The van der Waals surface area contributed by atoms with Gasteiger partial charge in [-0.25, -0.2) is 4.79 Å². The molecule has 3 aliphatic carbocycles. The molecule has 3 rings (SSSR count). The highest BCUT2D eigenvalue weighted by molar-refractivity contribution is 6.00. The number of carbonyl (C=O) groups excluding carboxylic acids is 2. The van der Waals surface area contributed by atoms with Crippen molar-refractivity contribution in [1.29, 1.82) is 5.26 Å². The fourth-order valence-corrected chi connectivity index (χ4v) is 3.01. The summed E-state index contributed by atoms with van der Waals surface area (Å²) in [4.78, 5) is 24.2. The van der Waals surface area contributed by atoms with Crippen molar-refractivity contribution in [2.24, 2.45) is 17.8 Å². The van der Waals surface area contributed by atoms with Gasteiger partial charge < -0.3 is 14.2 Å². The Balaban J connectivity index is 2.53. The second-order valence-corrected chi connectivity index (χ2v) is 4.60. The minimum Gasteiger partial charge on any atom is -0.466 e. The topological polar surface area (TPSA) is 85.6 Å². The first-order chi connectivity index (χ1) is 9.05. The summed E-state index contributed by atoms with van der Waals surface area (Å²) in [6, 6.07) is 2.10. The lowest BCUT2D eigenvalue weighted by Crippen LogP contribution is -2.61. The number of hydrogen-bond acceptors (Lipinski definition) is 6. The van der Waals surface area contributed by atoms with Crippen LogP contribution >= 0.6 is 0 Å². The zero-order valence-corrected chi connectivity index (χ0v) is 11.0. The number of methoxy groups -OCH3 is 3. The van der Waals surface area contributed by atoms with Gasteiger partial charge in [-0.1, -0.05) is 6.08 Å². The first-order valence-corrected chi connectivity index (χ1v) is 5.90. The van der Waals surface area contributed by atoms with Gasteiger partial charge in [-0.15, -0.1) is 0 Å². The SMILES string of the molecule is COC(=O)C1=C[C@H]2C(=O)C(OC)(OC)[C@H]1C[C@@H]2C#N. The lowest BCUT2D eigenvalue weighted by molar-refractivity contribution is -0.240. The zero-order valence-electron chi connectivity index (χ0n) is 11.0. The van der Waals surface area contributed by atoms with Crippen LogP contribution in [0, 0.1) is 29.1 Å². The van der Waals surface area contributed by atoms with Crippen LogP contribution in [0.4, 0.5) is 0 Å². The average molecular weight is 265 g/mol. The molecule has 0 aromatic heterocycles. The van der Waals surface area contributed by atoms with E-state index in [0.29, 0.717) is 12.0 Å². The summed E-state index contributed by atoms with van der Waals surface area (Å²) in [6.07, 6.45) is 1.86. The van der Waals surface area contributed by atoms with Gasteiger partial charge in [-0.05, 0) is 6.42 Å². The van der Waals surface area contributed by atoms with Gasteiger partial charge in [-0.3, -0.25) is 4.79 Å². The number of allylic oxidation sites excluding steroid dienone is 1. The number of esters is 1. The monoisotopic (exact) mass is 265 g/mol. The largest absolute Gasteiger partial charge is 0.466 e. The molecule has 0 N–H and O–H groups in total. The van der Waals surface area contributed by atoms with E-state index in [4.69, 9.17) is 19.5 Å². The van der Waals surface area contributed by atoms with Crippen molar-refractivity contribution in [3.05, 3.63) is 11.6 Å². The molecule has 0 aromatic rings. The molecule has 3 atom stereocenters. The molecule has 19 heavy (non-hydrogen) atoms. The number of Topliss-reactive ketones (excluding diaryl/α,β-unsaturated/α-hetero) is 1. The molecule has 6 nitrogen and oxygen atoms in total. The van der Waals surface area contributed by atoms with E-state index in [0.717, 1.165) is 0 Å². The van der Waals surface area contributed by atoms with E-state index in [-0.39, 0.29) is 5.78 Å². The second-order valence-electron chi connectivity index (χ2n) is 4.60. The standard InChI is InChI=1S/C13H15NO5/c1-17-12(16)9-5-8-7(6-14)4-10(9)13(18-2,19-3)11(8)15/h5,7-8,10H,4H2,1-3H3/t7-,8-,10+/m1/s1. The first-order valence-electron chi connectivity index (χ1n) is 5.90. The van der Waals surface area contributed by atoms with E-state index in [9.17, 15) is 9.59 Å². The number of ketones is 1. The van der Waals surface area contributed by atoms with Gasteiger partial charge in [0.25, 0.3) is 0 Å². The molecule has 0 saturated heterocycles. The van der Waals surface area contributed by atoms with Gasteiger partial charge in [-0.2, -0.15) is 5.26 Å². The maximum atomic E-state index is 12.4. The quantitative estimate of drug-likeness (QED) is 0.543. The third-order valence-electron chi connectivity index (χ3n) is 3.96. The Morgan fingerprint density at radius 2 is 2.05 bits per heavy atom. The van der Waals surface area contributed by atoms with E-state index in [1.807, 2.05) is 0 Å². The maximum Gasteiger partial charge on any atom is 0.333 e. The van der Waals surface area contributed by atoms with Gasteiger partial charge in [0.05, 0.1) is 30.9 Å². The second kappa shape index (κ2) is 4.76. The Kier molecular flexibility index (Phi) is 3.43. The van der Waals surface area contributed by atoms with E-state index in [2.05, 4.69) is 6.07 Å². The number of nitrogens with zero attached hydrogens (tertiary/aromatic N) is 1. The Labute approximate surface area is 110 Å². The summed E-state index contributed by atoms with van der Waals surface area (Å²) >= 11 is 0. The number of ether oxygens (including phenoxy) is 3. The average Bonchev–Trinajstić information content (AvgIpc) is 2.47. The highest BCUT2D eigenvalue weighted by atomic mass is 16.7. The lowest BCUT2D eigenvalue weighted by atomic mass is 9.62. The number of rotatable bonds is 3. The van der Waals surface area contributed by atoms with Crippen LogP contribution in [0.15, 0.2) is 11.6 Å². The number of hydrogen-bond donors (Lipinski definition) is 0. The Morgan fingerprint density at radius 1 is 1.42 bits per heavy atom. The van der Waals surface area contributed by atoms with Gasteiger partial charge in [0, 0.05) is 19.8 Å². The molecule has 0 amide bonds. The predicted molar refractivity (Wildman–Crippen MR) is 62.6 cm³/mol. The first kappa shape index (κ1) is 13.7. The molecular weight excluding hydrogens is 250 g/mol. The van der Waals surface area contributed by atoms with Crippen LogP contribution in [0.5, 0.6) is 0 Å². The molecule has 1 saturated carbocycles. The van der Waals surface area contributed by atoms with Gasteiger partial charge in [0.1, 0.15) is 0 Å². The fourth-order valence-electron chi connectivity index (χ4n) is 3.01. The maximum absolute atomic E-state index is 12.4. The Morgan fingerprint density at radius 3 is 2.53 bits per heavy atom. The van der Waals surface area contributed by atoms with Crippen LogP contribution in [-0.4, -0.2) is 38.9 Å². The molecule has 0 radical (unpaired) electrons. The van der Waals surface area contributed by atoms with E-state index in [1.54, 1.807) is 0 Å². The van der Waals surface area contributed by atoms with Gasteiger partial charge >= 0.3 is 5.97 Å². The summed E-state index contributed by atoms with van der Waals surface area (Å²) < 4.78 is 15.2. The molecule has 0 unspecified atom stereocenters. The highest BCUT2D eigenvalue weighted by Crippen LogP contribution is 2.49. The molecule has 0 aliphatic heterocycles. The Bertz CT molecular complexity index is 486. The van der Waals surface area contributed by atoms with Crippen LogP contribution in [0.2, 0.25) is 0 Å². The van der Waals surface area contributed by atoms with Crippen molar-refractivity contribution in [3.63, 3.8) is 0 Å². The van der Waals surface area contributed by atoms with Crippen LogP contribution in [0.3, 0.4) is 0 Å². The van der Waals surface area contributed by atoms with Crippen molar-refractivity contribution in [1.82, 2.24) is 0 Å². The summed E-state index contributed by atoms with van der Waals surface area (Å²) in [5.74, 6) is -4.08. The third-order valence-corrected chi connectivity index (χ3v) is 3.96. The smallest absolute Gasteiger partial charge is 0.333 e. The van der Waals surface area contributed by atoms with Crippen molar-refractivity contribution in [2.45, 2.75) is 12.2 Å². The lowest BCUT2D eigenvalue weighted by Gasteiger charge is -2.48. The minimum absolute atomic E-state index is 0.312. The molecule has 2 bridgehead atoms. The van der Waals surface area contributed by atoms with Gasteiger partial charge in [0.15, 0.2) is 0 Å². The normalized spacial score (nSPS) is 31.6. The number of carbonyl (C=O) groups is 2. The summed E-state index contributed by atoms with van der Waals surface area (Å²) in [5.41, 5.74) is 0.349. The number of fused-ring (bicyclic) bond motifs is 2. The summed E-state index contributed by atoms with van der Waals surface area (Å²) in [6.45, 7) is 0. The molecule has 0 aromatic carbocycles. The zero-order chi connectivity index (χ0) is 14.2. The van der Waals surface area contributed by atoms with Crippen LogP contribution in [0.25, 0.3) is 0 Å². The molecule has 102 valence electrons. The molecule has 0 heterocycles. The number of nitriles is 1. The van der Waals surface area contributed by atoms with E-state index in [1.165, 1.54) is 27.4 Å². The molecule has 0 spiro atoms. The molecule has 6 heteroatoms. The summed E-state index contributed by atoms with van der Waals surface area (Å²) in [7, 11) is 3.99. The highest BCUT2D eigenvalue weighted by Gasteiger charge is 2.61. The van der Waals surface area contributed by atoms with Crippen molar-refractivity contribution in [3.8, 4) is 6.07 Å². The predicted octanol–water partition coefficient (Wildman–Crippen LogP) is 0.433. The molecular formula is C13H15NO5. The van der Waals surface area contributed by atoms with Crippen LogP contribution < -0.4 is 0 Å². The van der Waals surface area contributed by atoms with Crippen molar-refractivity contribution in [2.75, 3.05) is 21.3 Å². The van der Waals surface area contributed by atoms with Crippen LogP contribution in [0.1, 0.15) is 6.42 Å². The minimum atomic E-state index is -1.49. The van der Waals surface area contributed by atoms with E-state index < -0.39 is 29.5 Å². The molecule has 3 aliphatic rings. The Hall–Kier alpha value is -1.71. The third kappa shape index (κ3) is 1.70. The fraction of sp³-hybridized carbons (Fsp3) is 0.615.